The van der Waals surface area contributed by atoms with Crippen LogP contribution in [0.25, 0.3) is 0 Å². The van der Waals surface area contributed by atoms with Crippen LogP contribution in [0, 0.1) is 0 Å². The van der Waals surface area contributed by atoms with Crippen LogP contribution in [0.5, 0.6) is 0 Å². The summed E-state index contributed by atoms with van der Waals surface area (Å²) in [5.74, 6) is 0. The highest BCUT2D eigenvalue weighted by Gasteiger charge is 2.29. The Kier molecular flexibility index (Phi) is 5.37. The van der Waals surface area contributed by atoms with Gasteiger partial charge in [0.15, 0.2) is 0 Å². The van der Waals surface area contributed by atoms with Gasteiger partial charge in [0.25, 0.3) is 0 Å². The van der Waals surface area contributed by atoms with E-state index in [0.29, 0.717) is 13.1 Å². The molecule has 68 valence electrons. The van der Waals surface area contributed by atoms with E-state index in [1.54, 1.807) is 4.31 Å². The third-order valence-corrected chi connectivity index (χ3v) is 3.36. The van der Waals surface area contributed by atoms with E-state index in [0.717, 1.165) is 11.0 Å². The first kappa shape index (κ1) is 11.4. The summed E-state index contributed by atoms with van der Waals surface area (Å²) in [7, 11) is 0.687. The molecule has 0 aliphatic heterocycles. The van der Waals surface area contributed by atoms with Crippen molar-refractivity contribution in [1.29, 1.82) is 0 Å². The summed E-state index contributed by atoms with van der Waals surface area (Å²) in [6.07, 6.45) is 0. The van der Waals surface area contributed by atoms with Gasteiger partial charge in [-0.1, -0.05) is 13.8 Å². The molecule has 0 radical (unpaired) electrons. The van der Waals surface area contributed by atoms with E-state index in [4.69, 9.17) is 0 Å². The fourth-order valence-corrected chi connectivity index (χ4v) is 2.03. The van der Waals surface area contributed by atoms with Gasteiger partial charge < -0.3 is 0 Å². The van der Waals surface area contributed by atoms with Crippen molar-refractivity contribution < 1.29 is 13.2 Å². The zero-order valence-electron chi connectivity index (χ0n) is 6.31. The lowest BCUT2D eigenvalue weighted by molar-refractivity contribution is -0.0311. The van der Waals surface area contributed by atoms with Crippen LogP contribution in [0.1, 0.15) is 13.8 Å². The zero-order valence-corrected chi connectivity index (χ0v) is 7.94. The number of hydrogen-bond acceptors (Lipinski definition) is 3. The van der Waals surface area contributed by atoms with Crippen LogP contribution in [0.3, 0.4) is 0 Å². The van der Waals surface area contributed by atoms with E-state index < -0.39 is 5.51 Å². The number of hydrogen-bond donors (Lipinski definition) is 0. The Morgan fingerprint density at radius 1 is 1.18 bits per heavy atom. The first-order valence-corrected chi connectivity index (χ1v) is 5.27. The minimum Gasteiger partial charge on any atom is -0.242 e. The lowest BCUT2D eigenvalue weighted by Crippen LogP contribution is -2.13. The summed E-state index contributed by atoms with van der Waals surface area (Å²) in [5.41, 5.74) is -4.13. The molecule has 0 aromatic rings. The molecule has 1 nitrogen and oxygen atoms in total. The molecule has 11 heavy (non-hydrogen) atoms. The summed E-state index contributed by atoms with van der Waals surface area (Å²) in [4.78, 5) is 0. The molecule has 0 aromatic heterocycles. The van der Waals surface area contributed by atoms with Gasteiger partial charge in [0.05, 0.1) is 0 Å². The van der Waals surface area contributed by atoms with E-state index >= 15 is 0 Å². The fraction of sp³-hybridized carbons (Fsp3) is 1.00. The van der Waals surface area contributed by atoms with E-state index in [9.17, 15) is 13.2 Å². The average Bonchev–Trinajstić information content (AvgIpc) is 1.88. The molecule has 0 saturated carbocycles. The van der Waals surface area contributed by atoms with E-state index in [1.807, 2.05) is 13.8 Å². The molecule has 0 aliphatic carbocycles. The second-order valence-electron chi connectivity index (χ2n) is 1.72. The predicted octanol–water partition coefficient (Wildman–Crippen LogP) is 3.14. The fourth-order valence-electron chi connectivity index (χ4n) is 0.424. The Morgan fingerprint density at radius 3 is 1.91 bits per heavy atom. The number of alkyl halides is 3. The molecule has 0 bridgehead atoms. The summed E-state index contributed by atoms with van der Waals surface area (Å²) in [6.45, 7) is 4.91. The van der Waals surface area contributed by atoms with Crippen molar-refractivity contribution in [3.63, 3.8) is 0 Å². The maximum absolute atomic E-state index is 11.6. The van der Waals surface area contributed by atoms with E-state index in [2.05, 4.69) is 0 Å². The molecule has 0 atom stereocenters. The first-order valence-electron chi connectivity index (χ1n) is 3.17. The lowest BCUT2D eigenvalue weighted by Gasteiger charge is -2.15. The predicted molar refractivity (Wildman–Crippen MR) is 44.2 cm³/mol. The Labute approximate surface area is 72.2 Å². The van der Waals surface area contributed by atoms with E-state index in [-0.39, 0.29) is 10.8 Å². The molecule has 0 aliphatic rings. The van der Waals surface area contributed by atoms with Crippen LogP contribution in [0.2, 0.25) is 0 Å². The average molecular weight is 205 g/mol. The molecule has 0 aromatic carbocycles. The van der Waals surface area contributed by atoms with Gasteiger partial charge in [-0.05, 0) is 0 Å². The second-order valence-corrected chi connectivity index (χ2v) is 3.96. The maximum Gasteiger partial charge on any atom is 0.453 e. The molecule has 0 unspecified atom stereocenters. The molecule has 6 heteroatoms. The molecular formula is C5H10F3NS2. The van der Waals surface area contributed by atoms with Gasteiger partial charge in [0.2, 0.25) is 0 Å². The smallest absolute Gasteiger partial charge is 0.242 e. The normalized spacial score (nSPS) is 12.5. The summed E-state index contributed by atoms with van der Waals surface area (Å²) in [6, 6.07) is 0. The quantitative estimate of drug-likeness (QED) is 0.512. The topological polar surface area (TPSA) is 3.24 Å². The molecule has 0 amide bonds. The van der Waals surface area contributed by atoms with E-state index in [1.165, 1.54) is 0 Å². The highest BCUT2D eigenvalue weighted by atomic mass is 33.1. The van der Waals surface area contributed by atoms with Crippen molar-refractivity contribution >= 4 is 21.8 Å². The molecular weight excluding hydrogens is 195 g/mol. The van der Waals surface area contributed by atoms with Crippen LogP contribution in [-0.4, -0.2) is 22.9 Å². The highest BCUT2D eigenvalue weighted by Crippen LogP contribution is 2.41. The van der Waals surface area contributed by atoms with Crippen molar-refractivity contribution in [1.82, 2.24) is 4.31 Å². The molecule has 0 rings (SSSR count). The molecule has 0 heterocycles. The van der Waals surface area contributed by atoms with Crippen molar-refractivity contribution in [2.75, 3.05) is 13.1 Å². The van der Waals surface area contributed by atoms with Gasteiger partial charge >= 0.3 is 5.51 Å². The van der Waals surface area contributed by atoms with Crippen molar-refractivity contribution in [3.8, 4) is 0 Å². The van der Waals surface area contributed by atoms with Crippen LogP contribution < -0.4 is 0 Å². The third kappa shape index (κ3) is 6.83. The number of halogens is 3. The van der Waals surface area contributed by atoms with Crippen LogP contribution in [0.4, 0.5) is 13.2 Å². The molecule has 0 fully saturated rings. The molecule has 0 saturated heterocycles. The Bertz CT molecular complexity index is 102. The van der Waals surface area contributed by atoms with Crippen LogP contribution in [-0.2, 0) is 0 Å². The summed E-state index contributed by atoms with van der Waals surface area (Å²) < 4.78 is 36.4. The standard InChI is InChI=1S/C5H10F3NS2/c1-3-9(4-2)11-10-5(6,7)8/h3-4H2,1-2H3. The molecule has 0 spiro atoms. The van der Waals surface area contributed by atoms with Crippen LogP contribution >= 0.6 is 21.8 Å². The number of nitrogens with zero attached hydrogens (tertiary/aromatic N) is 1. The minimum atomic E-state index is -4.13. The lowest BCUT2D eigenvalue weighted by atomic mass is 10.7. The van der Waals surface area contributed by atoms with Crippen molar-refractivity contribution in [3.05, 3.63) is 0 Å². The Morgan fingerprint density at radius 2 is 1.64 bits per heavy atom. The first-order chi connectivity index (χ1) is 4.99. The monoisotopic (exact) mass is 205 g/mol. The van der Waals surface area contributed by atoms with Gasteiger partial charge in [-0.2, -0.15) is 13.2 Å². The Hall–Kier alpha value is 0.450. The summed E-state index contributed by atoms with van der Waals surface area (Å²) >= 11 is 0. The second kappa shape index (κ2) is 5.16. The molecule has 0 N–H and O–H groups in total. The van der Waals surface area contributed by atoms with Gasteiger partial charge in [-0.3, -0.25) is 0 Å². The van der Waals surface area contributed by atoms with Crippen molar-refractivity contribution in [2.45, 2.75) is 19.4 Å². The number of rotatable bonds is 4. The minimum absolute atomic E-state index is 0.0666. The largest absolute Gasteiger partial charge is 0.453 e. The SMILES string of the molecule is CCN(CC)SSC(F)(F)F. The van der Waals surface area contributed by atoms with Crippen molar-refractivity contribution in [2.24, 2.45) is 0 Å². The summed E-state index contributed by atoms with van der Waals surface area (Å²) in [5, 5.41) is 0. The third-order valence-electron chi connectivity index (χ3n) is 0.943. The zero-order chi connectivity index (χ0) is 8.91. The van der Waals surface area contributed by atoms with Gasteiger partial charge in [0.1, 0.15) is 0 Å². The maximum atomic E-state index is 11.6. The van der Waals surface area contributed by atoms with Gasteiger partial charge in [0, 0.05) is 34.9 Å². The van der Waals surface area contributed by atoms with Gasteiger partial charge in [-0.25, -0.2) is 4.31 Å². The Balaban J connectivity index is 3.51. The van der Waals surface area contributed by atoms with Crippen LogP contribution in [0.15, 0.2) is 0 Å². The highest BCUT2D eigenvalue weighted by molar-refractivity contribution is 8.76. The van der Waals surface area contributed by atoms with Gasteiger partial charge in [-0.15, -0.1) is 0 Å².